The molecular formula is C36H66N6O2. The van der Waals surface area contributed by atoms with E-state index in [-0.39, 0.29) is 6.47 Å². The Kier molecular flexibility index (Phi) is 29.4. The number of hydrogen-bond acceptors (Lipinski definition) is 4. The summed E-state index contributed by atoms with van der Waals surface area (Å²) in [5, 5.41) is 6.89. The van der Waals surface area contributed by atoms with Crippen LogP contribution in [0.2, 0.25) is 0 Å². The molecule has 3 aromatic rings. The zero-order valence-electron chi connectivity index (χ0n) is 29.0. The van der Waals surface area contributed by atoms with E-state index in [2.05, 4.69) is 58.1 Å². The smallest absolute Gasteiger partial charge is 0.290 e. The molecule has 1 N–H and O–H groups in total. The molecule has 0 amide bonds. The van der Waals surface area contributed by atoms with E-state index in [0.29, 0.717) is 0 Å². The third kappa shape index (κ3) is 25.6. The van der Waals surface area contributed by atoms with Gasteiger partial charge in [-0.15, -0.1) is 0 Å². The molecular weight excluding hydrogens is 548 g/mol. The summed E-state index contributed by atoms with van der Waals surface area (Å²) in [4.78, 5) is 20.7. The number of hydrogen-bond donors (Lipinski definition) is 1. The molecule has 0 spiro atoms. The third-order valence-electron chi connectivity index (χ3n) is 7.74. The highest BCUT2D eigenvalue weighted by Gasteiger charge is 1.98. The van der Waals surface area contributed by atoms with Crippen LogP contribution in [0, 0.1) is 6.92 Å². The lowest BCUT2D eigenvalue weighted by atomic mass is 10.0. The predicted molar refractivity (Wildman–Crippen MR) is 185 cm³/mol. The zero-order valence-corrected chi connectivity index (χ0v) is 29.0. The van der Waals surface area contributed by atoms with Crippen LogP contribution < -0.4 is 0 Å². The van der Waals surface area contributed by atoms with Gasteiger partial charge >= 0.3 is 0 Å². The van der Waals surface area contributed by atoms with Crippen LogP contribution in [0.5, 0.6) is 0 Å². The maximum atomic E-state index is 8.36. The fourth-order valence-corrected chi connectivity index (χ4v) is 4.97. The summed E-state index contributed by atoms with van der Waals surface area (Å²) in [6.45, 7) is 7.52. The summed E-state index contributed by atoms with van der Waals surface area (Å²) in [6.07, 6.45) is 41.1. The Balaban J connectivity index is 0.000000699. The van der Waals surface area contributed by atoms with E-state index >= 15 is 0 Å². The van der Waals surface area contributed by atoms with Crippen molar-refractivity contribution in [1.29, 1.82) is 0 Å². The van der Waals surface area contributed by atoms with Crippen molar-refractivity contribution < 1.29 is 9.90 Å². The summed E-state index contributed by atoms with van der Waals surface area (Å²) in [6, 6.07) is 0. The largest absolute Gasteiger partial charge is 0.483 e. The van der Waals surface area contributed by atoms with E-state index < -0.39 is 0 Å². The molecule has 0 saturated heterocycles. The lowest BCUT2D eigenvalue weighted by Gasteiger charge is -2.05. The second-order valence-corrected chi connectivity index (χ2v) is 11.7. The van der Waals surface area contributed by atoms with Crippen molar-refractivity contribution >= 4 is 6.47 Å². The maximum Gasteiger partial charge on any atom is 0.290 e. The number of rotatable bonds is 21. The monoisotopic (exact) mass is 615 g/mol. The van der Waals surface area contributed by atoms with Gasteiger partial charge in [0.2, 0.25) is 0 Å². The Labute approximate surface area is 269 Å². The highest BCUT2D eigenvalue weighted by molar-refractivity contribution is 5.32. The molecule has 0 bridgehead atoms. The number of nitrogens with zero attached hydrogens (tertiary/aromatic N) is 6. The number of imidazole rings is 3. The molecule has 252 valence electrons. The van der Waals surface area contributed by atoms with Crippen LogP contribution in [0.25, 0.3) is 0 Å². The summed E-state index contributed by atoms with van der Waals surface area (Å²) in [5.41, 5.74) is 0. The third-order valence-corrected chi connectivity index (χ3v) is 7.74. The zero-order chi connectivity index (χ0) is 32.5. The molecule has 0 fully saturated rings. The number of carbonyl (C=O) groups is 1. The molecule has 0 aliphatic heterocycles. The van der Waals surface area contributed by atoms with Gasteiger partial charge in [0.1, 0.15) is 11.6 Å². The van der Waals surface area contributed by atoms with E-state index in [4.69, 9.17) is 9.90 Å². The minimum Gasteiger partial charge on any atom is -0.483 e. The first kappa shape index (κ1) is 41.1. The van der Waals surface area contributed by atoms with Crippen molar-refractivity contribution in [2.75, 3.05) is 0 Å². The average molecular weight is 615 g/mol. The van der Waals surface area contributed by atoms with Gasteiger partial charge in [0.25, 0.3) is 6.47 Å². The van der Waals surface area contributed by atoms with Crippen LogP contribution in [0.1, 0.15) is 147 Å². The van der Waals surface area contributed by atoms with E-state index in [1.165, 1.54) is 128 Å². The van der Waals surface area contributed by atoms with Gasteiger partial charge in [-0.1, -0.05) is 123 Å². The summed E-state index contributed by atoms with van der Waals surface area (Å²) in [7, 11) is 4.00. The molecule has 0 aromatic carbocycles. The van der Waals surface area contributed by atoms with Gasteiger partial charge in [0.15, 0.2) is 0 Å². The van der Waals surface area contributed by atoms with E-state index in [1.54, 1.807) is 12.5 Å². The fraction of sp³-hybridized carbons (Fsp3) is 0.722. The maximum absolute atomic E-state index is 8.36. The van der Waals surface area contributed by atoms with Crippen molar-refractivity contribution in [1.82, 2.24) is 28.7 Å². The summed E-state index contributed by atoms with van der Waals surface area (Å²) < 4.78 is 6.26. The minimum absolute atomic E-state index is 0.250. The first-order valence-corrected chi connectivity index (χ1v) is 17.4. The van der Waals surface area contributed by atoms with E-state index in [0.717, 1.165) is 18.8 Å². The molecule has 0 unspecified atom stereocenters. The SMILES string of the molecule is CCCCCCCCCCCCCCCCn1ccnc1C.CCCCCCCc1nccn1C.Cn1ccnc1.O=CO. The highest BCUT2D eigenvalue weighted by atomic mass is 16.3. The molecule has 3 aromatic heterocycles. The molecule has 0 aliphatic carbocycles. The second kappa shape index (κ2) is 31.5. The number of aromatic nitrogens is 6. The van der Waals surface area contributed by atoms with Gasteiger partial charge < -0.3 is 18.8 Å². The van der Waals surface area contributed by atoms with Crippen molar-refractivity contribution in [3.05, 3.63) is 55.2 Å². The van der Waals surface area contributed by atoms with Crippen molar-refractivity contribution in [3.8, 4) is 0 Å². The van der Waals surface area contributed by atoms with Gasteiger partial charge in [0.05, 0.1) is 6.33 Å². The second-order valence-electron chi connectivity index (χ2n) is 11.7. The molecule has 0 atom stereocenters. The van der Waals surface area contributed by atoms with Gasteiger partial charge in [-0.2, -0.15) is 0 Å². The van der Waals surface area contributed by atoms with Gasteiger partial charge in [0, 0.05) is 64.2 Å². The highest BCUT2D eigenvalue weighted by Crippen LogP contribution is 2.13. The van der Waals surface area contributed by atoms with Crippen molar-refractivity contribution in [2.45, 2.75) is 156 Å². The average Bonchev–Trinajstić information content (AvgIpc) is 3.77. The van der Waals surface area contributed by atoms with Crippen molar-refractivity contribution in [2.24, 2.45) is 14.1 Å². The van der Waals surface area contributed by atoms with Gasteiger partial charge in [-0.25, -0.2) is 15.0 Å². The lowest BCUT2D eigenvalue weighted by Crippen LogP contribution is -1.98. The first-order valence-electron chi connectivity index (χ1n) is 17.4. The Morgan fingerprint density at radius 3 is 1.50 bits per heavy atom. The predicted octanol–water partition coefficient (Wildman–Crippen LogP) is 9.73. The fourth-order valence-electron chi connectivity index (χ4n) is 4.97. The minimum atomic E-state index is -0.250. The Bertz CT molecular complexity index is 967. The molecule has 8 heteroatoms. The summed E-state index contributed by atoms with van der Waals surface area (Å²) >= 11 is 0. The Hall–Kier alpha value is -2.90. The van der Waals surface area contributed by atoms with Crippen LogP contribution in [-0.4, -0.2) is 40.2 Å². The van der Waals surface area contributed by atoms with E-state index in [1.807, 2.05) is 36.4 Å². The number of carboxylic acid groups (broad SMARTS) is 1. The topological polar surface area (TPSA) is 90.8 Å². The van der Waals surface area contributed by atoms with Crippen LogP contribution in [0.4, 0.5) is 0 Å². The Morgan fingerprint density at radius 1 is 0.659 bits per heavy atom. The quantitative estimate of drug-likeness (QED) is 0.0953. The molecule has 8 nitrogen and oxygen atoms in total. The van der Waals surface area contributed by atoms with Crippen LogP contribution in [-0.2, 0) is 31.9 Å². The Morgan fingerprint density at radius 2 is 1.14 bits per heavy atom. The normalized spacial score (nSPS) is 10.2. The number of aryl methyl sites for hydroxylation is 5. The first-order chi connectivity index (χ1) is 21.5. The molecule has 3 rings (SSSR count). The van der Waals surface area contributed by atoms with Crippen LogP contribution in [0.15, 0.2) is 43.5 Å². The van der Waals surface area contributed by atoms with Gasteiger partial charge in [-0.3, -0.25) is 4.79 Å². The lowest BCUT2D eigenvalue weighted by molar-refractivity contribution is -0.122. The molecule has 0 saturated carbocycles. The van der Waals surface area contributed by atoms with Crippen LogP contribution in [0.3, 0.4) is 0 Å². The number of unbranched alkanes of at least 4 members (excludes halogenated alkanes) is 17. The van der Waals surface area contributed by atoms with Crippen LogP contribution >= 0.6 is 0 Å². The molecule has 3 heterocycles. The molecule has 0 aliphatic rings. The summed E-state index contributed by atoms with van der Waals surface area (Å²) in [5.74, 6) is 2.37. The van der Waals surface area contributed by atoms with Crippen molar-refractivity contribution in [3.63, 3.8) is 0 Å². The van der Waals surface area contributed by atoms with Gasteiger partial charge in [-0.05, 0) is 19.8 Å². The van der Waals surface area contributed by atoms with E-state index in [9.17, 15) is 0 Å². The molecule has 44 heavy (non-hydrogen) atoms. The molecule has 0 radical (unpaired) electrons. The standard InChI is InChI=1S/C20H38N2.C11H20N2.C4H6N2.CH2O2/c1-3-4-5-6-7-8-9-10-11-12-13-14-15-16-18-22-19-17-21-20(22)2;1-3-4-5-6-7-8-11-12-9-10-13(11)2;1-6-3-2-5-4-6;2-1-3/h17,19H,3-16,18H2,1-2H3;9-10H,3-8H2,1-2H3;2-4H,1H3;1H,(H,2,3).